The molecule has 5 nitrogen and oxygen atoms in total. The summed E-state index contributed by atoms with van der Waals surface area (Å²) in [6.07, 6.45) is -1.28. The van der Waals surface area contributed by atoms with Gasteiger partial charge in [-0.25, -0.2) is 9.97 Å². The molecular weight excluding hydrogens is 379 g/mol. The van der Waals surface area contributed by atoms with E-state index in [-0.39, 0.29) is 18.1 Å². The Labute approximate surface area is 160 Å². The molecule has 0 atom stereocenters. The van der Waals surface area contributed by atoms with Crippen LogP contribution in [0, 0.1) is 5.92 Å². The van der Waals surface area contributed by atoms with Gasteiger partial charge in [-0.15, -0.1) is 0 Å². The van der Waals surface area contributed by atoms with Crippen LogP contribution in [0.1, 0.15) is 24.1 Å². The molecule has 3 N–H and O–H groups in total. The van der Waals surface area contributed by atoms with Crippen LogP contribution in [0.4, 0.5) is 24.8 Å². The van der Waals surface area contributed by atoms with Gasteiger partial charge in [0.15, 0.2) is 5.69 Å². The van der Waals surface area contributed by atoms with E-state index in [2.05, 4.69) is 25.9 Å². The van der Waals surface area contributed by atoms with Crippen molar-refractivity contribution < 1.29 is 13.2 Å². The highest BCUT2D eigenvalue weighted by Crippen LogP contribution is 2.31. The molecule has 1 aliphatic heterocycles. The molecule has 0 unspecified atom stereocenters. The minimum absolute atomic E-state index is 0.0353. The number of aromatic nitrogens is 2. The lowest BCUT2D eigenvalue weighted by Crippen LogP contribution is -2.33. The van der Waals surface area contributed by atoms with Crippen LogP contribution < -0.4 is 16.0 Å². The normalized spacial score (nSPS) is 15.7. The third-order valence-corrected chi connectivity index (χ3v) is 4.66. The molecular formula is C18H21ClF3N5. The van der Waals surface area contributed by atoms with Crippen LogP contribution in [-0.4, -0.2) is 29.6 Å². The number of alkyl halides is 3. The first-order valence-electron chi connectivity index (χ1n) is 8.79. The Kier molecular flexibility index (Phi) is 6.51. The lowest BCUT2D eigenvalue weighted by molar-refractivity contribution is -0.141. The van der Waals surface area contributed by atoms with Crippen LogP contribution in [0.3, 0.4) is 0 Å². The Balaban J connectivity index is 1.69. The number of hydrogen-bond donors (Lipinski definition) is 3. The number of benzene rings is 1. The second-order valence-electron chi connectivity index (χ2n) is 6.52. The fourth-order valence-corrected chi connectivity index (χ4v) is 3.22. The van der Waals surface area contributed by atoms with Gasteiger partial charge >= 0.3 is 6.18 Å². The van der Waals surface area contributed by atoms with Gasteiger partial charge in [-0.1, -0.05) is 17.7 Å². The number of hydrogen-bond acceptors (Lipinski definition) is 5. The molecule has 1 saturated heterocycles. The second-order valence-corrected chi connectivity index (χ2v) is 6.96. The number of anilines is 2. The zero-order chi connectivity index (χ0) is 19.3. The second kappa shape index (κ2) is 8.86. The van der Waals surface area contributed by atoms with E-state index in [0.29, 0.717) is 23.2 Å². The summed E-state index contributed by atoms with van der Waals surface area (Å²) >= 11 is 5.89. The number of halogens is 4. The maximum atomic E-state index is 13.4. The van der Waals surface area contributed by atoms with Crippen molar-refractivity contribution in [1.82, 2.24) is 20.6 Å². The SMILES string of the molecule is FC(F)(F)c1nc(Nc2cccc(Cl)c2)ncc1CNCC1CCNCC1. The predicted molar refractivity (Wildman–Crippen MR) is 99.1 cm³/mol. The molecule has 1 fully saturated rings. The summed E-state index contributed by atoms with van der Waals surface area (Å²) in [4.78, 5) is 7.72. The van der Waals surface area contributed by atoms with Gasteiger partial charge in [0.25, 0.3) is 0 Å². The Morgan fingerprint density at radius 3 is 2.70 bits per heavy atom. The van der Waals surface area contributed by atoms with Crippen molar-refractivity contribution in [3.05, 3.63) is 46.7 Å². The average Bonchev–Trinajstić information content (AvgIpc) is 2.63. The molecule has 1 aromatic carbocycles. The van der Waals surface area contributed by atoms with Gasteiger partial charge in [-0.05, 0) is 56.6 Å². The average molecular weight is 400 g/mol. The molecule has 146 valence electrons. The molecule has 9 heteroatoms. The number of nitrogens with one attached hydrogen (secondary N) is 3. The first-order valence-corrected chi connectivity index (χ1v) is 9.17. The molecule has 0 bridgehead atoms. The standard InChI is InChI=1S/C18H21ClF3N5/c19-14-2-1-3-15(8-14)26-17-25-11-13(16(27-17)18(20,21)22)10-24-9-12-4-6-23-7-5-12/h1-3,8,11-12,23-24H,4-7,9-10H2,(H,25,26,27). The van der Waals surface area contributed by atoms with Crippen molar-refractivity contribution in [2.24, 2.45) is 5.92 Å². The van der Waals surface area contributed by atoms with E-state index >= 15 is 0 Å². The maximum absolute atomic E-state index is 13.4. The molecule has 0 spiro atoms. The third kappa shape index (κ3) is 5.79. The van der Waals surface area contributed by atoms with Gasteiger partial charge in [0.1, 0.15) is 0 Å². The van der Waals surface area contributed by atoms with Gasteiger partial charge in [-0.3, -0.25) is 0 Å². The van der Waals surface area contributed by atoms with Crippen LogP contribution in [0.5, 0.6) is 0 Å². The largest absolute Gasteiger partial charge is 0.433 e. The van der Waals surface area contributed by atoms with Gasteiger partial charge in [0.2, 0.25) is 5.95 Å². The van der Waals surface area contributed by atoms with E-state index in [4.69, 9.17) is 11.6 Å². The minimum Gasteiger partial charge on any atom is -0.324 e. The van der Waals surface area contributed by atoms with Crippen molar-refractivity contribution in [2.45, 2.75) is 25.6 Å². The fraction of sp³-hybridized carbons (Fsp3) is 0.444. The van der Waals surface area contributed by atoms with E-state index in [1.807, 2.05) is 0 Å². The lowest BCUT2D eigenvalue weighted by atomic mass is 9.98. The summed E-state index contributed by atoms with van der Waals surface area (Å²) in [5, 5.41) is 9.61. The summed E-state index contributed by atoms with van der Waals surface area (Å²) in [5.74, 6) is 0.358. The highest BCUT2D eigenvalue weighted by molar-refractivity contribution is 6.30. The van der Waals surface area contributed by atoms with E-state index in [1.54, 1.807) is 24.3 Å². The van der Waals surface area contributed by atoms with Gasteiger partial charge in [0.05, 0.1) is 0 Å². The molecule has 0 radical (unpaired) electrons. The zero-order valence-electron chi connectivity index (χ0n) is 14.6. The Morgan fingerprint density at radius 1 is 1.22 bits per heavy atom. The summed E-state index contributed by atoms with van der Waals surface area (Å²) < 4.78 is 40.3. The molecule has 27 heavy (non-hydrogen) atoms. The van der Waals surface area contributed by atoms with Crippen LogP contribution in [0.2, 0.25) is 5.02 Å². The Morgan fingerprint density at radius 2 is 2.00 bits per heavy atom. The fourth-order valence-electron chi connectivity index (χ4n) is 3.03. The van der Waals surface area contributed by atoms with Crippen molar-refractivity contribution in [3.63, 3.8) is 0 Å². The van der Waals surface area contributed by atoms with Crippen molar-refractivity contribution in [3.8, 4) is 0 Å². The molecule has 2 heterocycles. The number of rotatable bonds is 6. The highest BCUT2D eigenvalue weighted by atomic mass is 35.5. The smallest absolute Gasteiger partial charge is 0.324 e. The molecule has 0 amide bonds. The van der Waals surface area contributed by atoms with E-state index in [1.165, 1.54) is 6.20 Å². The van der Waals surface area contributed by atoms with Crippen LogP contribution in [0.25, 0.3) is 0 Å². The summed E-state index contributed by atoms with van der Waals surface area (Å²) in [6, 6.07) is 6.63. The summed E-state index contributed by atoms with van der Waals surface area (Å²) in [5.41, 5.74) is -0.375. The molecule has 0 saturated carbocycles. The number of nitrogens with zero attached hydrogens (tertiary/aromatic N) is 2. The topological polar surface area (TPSA) is 61.9 Å². The van der Waals surface area contributed by atoms with Crippen LogP contribution in [-0.2, 0) is 12.7 Å². The first-order chi connectivity index (χ1) is 12.9. The number of piperidine rings is 1. The van der Waals surface area contributed by atoms with Gasteiger partial charge < -0.3 is 16.0 Å². The Bertz CT molecular complexity index is 763. The summed E-state index contributed by atoms with van der Waals surface area (Å²) in [7, 11) is 0. The van der Waals surface area contributed by atoms with Crippen LogP contribution >= 0.6 is 11.6 Å². The minimum atomic E-state index is -4.56. The molecule has 0 aliphatic carbocycles. The maximum Gasteiger partial charge on any atom is 0.433 e. The highest BCUT2D eigenvalue weighted by Gasteiger charge is 2.36. The van der Waals surface area contributed by atoms with Crippen LogP contribution in [0.15, 0.2) is 30.5 Å². The van der Waals surface area contributed by atoms with Gasteiger partial charge in [0, 0.05) is 29.0 Å². The third-order valence-electron chi connectivity index (χ3n) is 4.42. The quantitative estimate of drug-likeness (QED) is 0.685. The predicted octanol–water partition coefficient (Wildman–Crippen LogP) is 3.98. The van der Waals surface area contributed by atoms with Crippen molar-refractivity contribution in [1.29, 1.82) is 0 Å². The monoisotopic (exact) mass is 399 g/mol. The van der Waals surface area contributed by atoms with E-state index < -0.39 is 11.9 Å². The molecule has 1 aromatic heterocycles. The first kappa shape index (κ1) is 19.9. The summed E-state index contributed by atoms with van der Waals surface area (Å²) in [6.45, 7) is 2.66. The van der Waals surface area contributed by atoms with E-state index in [9.17, 15) is 13.2 Å². The molecule has 3 rings (SSSR count). The zero-order valence-corrected chi connectivity index (χ0v) is 15.4. The Hall–Kier alpha value is -1.90. The van der Waals surface area contributed by atoms with E-state index in [0.717, 1.165) is 25.9 Å². The molecule has 1 aliphatic rings. The van der Waals surface area contributed by atoms with Crippen molar-refractivity contribution in [2.75, 3.05) is 25.0 Å². The van der Waals surface area contributed by atoms with Gasteiger partial charge in [-0.2, -0.15) is 13.2 Å². The van der Waals surface area contributed by atoms with Crippen molar-refractivity contribution >= 4 is 23.2 Å². The molecule has 2 aromatic rings. The lowest BCUT2D eigenvalue weighted by Gasteiger charge is -2.23.